The van der Waals surface area contributed by atoms with Gasteiger partial charge < -0.3 is 10.1 Å². The summed E-state index contributed by atoms with van der Waals surface area (Å²) < 4.78 is 6.00. The minimum Gasteiger partial charge on any atom is -0.372 e. The lowest BCUT2D eigenvalue weighted by Gasteiger charge is -2.23. The van der Waals surface area contributed by atoms with Gasteiger partial charge in [0.2, 0.25) is 0 Å². The van der Waals surface area contributed by atoms with E-state index < -0.39 is 0 Å². The van der Waals surface area contributed by atoms with Crippen molar-refractivity contribution in [2.75, 3.05) is 13.1 Å². The Labute approximate surface area is 137 Å². The first-order valence-corrected chi connectivity index (χ1v) is 8.44. The summed E-state index contributed by atoms with van der Waals surface area (Å²) >= 11 is 0. The Morgan fingerprint density at radius 1 is 1.09 bits per heavy atom. The van der Waals surface area contributed by atoms with E-state index in [9.17, 15) is 0 Å². The van der Waals surface area contributed by atoms with Crippen molar-refractivity contribution in [2.45, 2.75) is 31.6 Å². The average Bonchev–Trinajstić information content (AvgIpc) is 3.46. The predicted molar refractivity (Wildman–Crippen MR) is 93.8 cm³/mol. The lowest BCUT2D eigenvalue weighted by Crippen LogP contribution is -2.35. The van der Waals surface area contributed by atoms with E-state index in [1.165, 1.54) is 35.1 Å². The molecule has 0 aromatic heterocycles. The monoisotopic (exact) mass is 306 g/mol. The third-order valence-electron chi connectivity index (χ3n) is 4.58. The number of benzene rings is 2. The SMILES string of the molecule is C1=NC1c1ccccc1-c1ccc(COC2CCCNC2)cc1. The molecule has 3 heteroatoms. The van der Waals surface area contributed by atoms with Crippen LogP contribution in [0.2, 0.25) is 0 Å². The molecule has 2 atom stereocenters. The molecule has 0 amide bonds. The second-order valence-electron chi connectivity index (χ2n) is 6.31. The van der Waals surface area contributed by atoms with Gasteiger partial charge in [0.15, 0.2) is 0 Å². The van der Waals surface area contributed by atoms with Crippen molar-refractivity contribution in [1.82, 2.24) is 5.32 Å². The van der Waals surface area contributed by atoms with Crippen molar-refractivity contribution in [1.29, 1.82) is 0 Å². The molecule has 23 heavy (non-hydrogen) atoms. The molecule has 1 fully saturated rings. The first kappa shape index (κ1) is 14.6. The van der Waals surface area contributed by atoms with E-state index in [0.29, 0.717) is 12.7 Å². The molecule has 2 aromatic carbocycles. The third-order valence-corrected chi connectivity index (χ3v) is 4.58. The molecule has 2 heterocycles. The summed E-state index contributed by atoms with van der Waals surface area (Å²) in [4.78, 5) is 4.31. The van der Waals surface area contributed by atoms with Crippen LogP contribution in [0.3, 0.4) is 0 Å². The number of rotatable bonds is 5. The summed E-state index contributed by atoms with van der Waals surface area (Å²) in [6, 6.07) is 17.5. The molecule has 0 saturated carbocycles. The van der Waals surface area contributed by atoms with Crippen molar-refractivity contribution in [3.8, 4) is 11.1 Å². The van der Waals surface area contributed by atoms with Crippen LogP contribution in [0.5, 0.6) is 0 Å². The molecule has 3 nitrogen and oxygen atoms in total. The highest BCUT2D eigenvalue weighted by molar-refractivity contribution is 5.84. The number of nitrogens with one attached hydrogen (secondary N) is 1. The zero-order valence-electron chi connectivity index (χ0n) is 13.2. The second kappa shape index (κ2) is 6.65. The van der Waals surface area contributed by atoms with Crippen molar-refractivity contribution in [2.24, 2.45) is 4.99 Å². The molecule has 0 bridgehead atoms. The number of hydrogen-bond donors (Lipinski definition) is 1. The van der Waals surface area contributed by atoms with E-state index in [1.54, 1.807) is 0 Å². The highest BCUT2D eigenvalue weighted by Gasteiger charge is 2.19. The summed E-state index contributed by atoms with van der Waals surface area (Å²) in [5.74, 6) is 0. The van der Waals surface area contributed by atoms with E-state index in [1.807, 2.05) is 6.21 Å². The summed E-state index contributed by atoms with van der Waals surface area (Å²) in [5.41, 5.74) is 5.06. The van der Waals surface area contributed by atoms with Gasteiger partial charge in [0.1, 0.15) is 6.04 Å². The number of aliphatic imine (C=N–C) groups is 1. The topological polar surface area (TPSA) is 33.6 Å². The molecule has 0 aliphatic carbocycles. The lowest BCUT2D eigenvalue weighted by atomic mass is 9.96. The fraction of sp³-hybridized carbons (Fsp3) is 0.350. The highest BCUT2D eigenvalue weighted by Crippen LogP contribution is 2.33. The largest absolute Gasteiger partial charge is 0.372 e. The molecule has 2 aliphatic heterocycles. The van der Waals surface area contributed by atoms with Crippen molar-refractivity contribution < 1.29 is 4.74 Å². The van der Waals surface area contributed by atoms with Gasteiger partial charge in [-0.2, -0.15) is 0 Å². The number of ether oxygens (including phenoxy) is 1. The fourth-order valence-electron chi connectivity index (χ4n) is 3.18. The Morgan fingerprint density at radius 3 is 2.65 bits per heavy atom. The molecule has 0 radical (unpaired) electrons. The van der Waals surface area contributed by atoms with Crippen LogP contribution in [0.15, 0.2) is 53.5 Å². The van der Waals surface area contributed by atoms with Crippen LogP contribution in [0.4, 0.5) is 0 Å². The maximum Gasteiger partial charge on any atom is 0.110 e. The summed E-state index contributed by atoms with van der Waals surface area (Å²) in [6.45, 7) is 2.80. The fourth-order valence-corrected chi connectivity index (χ4v) is 3.18. The zero-order valence-corrected chi connectivity index (χ0v) is 13.2. The minimum absolute atomic E-state index is 0.285. The summed E-state index contributed by atoms with van der Waals surface area (Å²) in [6.07, 6.45) is 4.74. The van der Waals surface area contributed by atoms with Crippen LogP contribution >= 0.6 is 0 Å². The van der Waals surface area contributed by atoms with E-state index >= 15 is 0 Å². The molecule has 2 aromatic rings. The van der Waals surface area contributed by atoms with E-state index in [0.717, 1.165) is 13.1 Å². The van der Waals surface area contributed by atoms with Gasteiger partial charge in [-0.1, -0.05) is 48.5 Å². The maximum absolute atomic E-state index is 6.00. The van der Waals surface area contributed by atoms with Gasteiger partial charge in [-0.25, -0.2) is 0 Å². The van der Waals surface area contributed by atoms with E-state index in [4.69, 9.17) is 4.74 Å². The molecule has 1 N–H and O–H groups in total. The van der Waals surface area contributed by atoms with Crippen LogP contribution in [-0.2, 0) is 11.3 Å². The normalized spacial score (nSPS) is 23.0. The van der Waals surface area contributed by atoms with Gasteiger partial charge in [-0.3, -0.25) is 4.99 Å². The summed E-state index contributed by atoms with van der Waals surface area (Å²) in [5, 5.41) is 3.39. The molecule has 118 valence electrons. The molecule has 1 saturated heterocycles. The Balaban J connectivity index is 1.43. The predicted octanol–water partition coefficient (Wildman–Crippen LogP) is 3.75. The Morgan fingerprint density at radius 2 is 1.91 bits per heavy atom. The first-order chi connectivity index (χ1) is 11.4. The van der Waals surface area contributed by atoms with Crippen molar-refractivity contribution in [3.05, 3.63) is 59.7 Å². The standard InChI is InChI=1S/C20H22N2O/c1-2-6-19(20-13-22-20)18(5-1)16-9-7-15(8-10-16)14-23-17-4-3-11-21-12-17/h1-2,5-10,13,17,20-21H,3-4,11-12,14H2. The summed E-state index contributed by atoms with van der Waals surface area (Å²) in [7, 11) is 0. The lowest BCUT2D eigenvalue weighted by molar-refractivity contribution is 0.0253. The quantitative estimate of drug-likeness (QED) is 0.913. The number of nitrogens with zero attached hydrogens (tertiary/aromatic N) is 1. The first-order valence-electron chi connectivity index (χ1n) is 8.44. The van der Waals surface area contributed by atoms with Gasteiger partial charge in [0.25, 0.3) is 0 Å². The third kappa shape index (κ3) is 3.52. The minimum atomic E-state index is 0.285. The van der Waals surface area contributed by atoms with E-state index in [2.05, 4.69) is 58.8 Å². The van der Waals surface area contributed by atoms with Gasteiger partial charge in [0.05, 0.1) is 12.7 Å². The van der Waals surface area contributed by atoms with Crippen molar-refractivity contribution >= 4 is 6.21 Å². The molecule has 0 spiro atoms. The molecular formula is C20H22N2O. The zero-order chi connectivity index (χ0) is 15.5. The maximum atomic E-state index is 6.00. The number of hydrogen-bond acceptors (Lipinski definition) is 3. The Bertz CT molecular complexity index is 681. The van der Waals surface area contributed by atoms with Gasteiger partial charge >= 0.3 is 0 Å². The Hall–Kier alpha value is -1.97. The highest BCUT2D eigenvalue weighted by atomic mass is 16.5. The van der Waals surface area contributed by atoms with Gasteiger partial charge in [0, 0.05) is 12.8 Å². The second-order valence-corrected chi connectivity index (χ2v) is 6.31. The van der Waals surface area contributed by atoms with Crippen LogP contribution in [-0.4, -0.2) is 25.4 Å². The van der Waals surface area contributed by atoms with Crippen LogP contribution in [0.1, 0.15) is 30.0 Å². The molecule has 2 unspecified atom stereocenters. The molecule has 4 rings (SSSR count). The molecule has 2 aliphatic rings. The number of piperidine rings is 1. The van der Waals surface area contributed by atoms with Gasteiger partial charge in [-0.05, 0) is 41.6 Å². The smallest absolute Gasteiger partial charge is 0.110 e. The van der Waals surface area contributed by atoms with Crippen LogP contribution in [0, 0.1) is 0 Å². The van der Waals surface area contributed by atoms with Crippen LogP contribution < -0.4 is 5.32 Å². The van der Waals surface area contributed by atoms with Crippen LogP contribution in [0.25, 0.3) is 11.1 Å². The Kier molecular flexibility index (Phi) is 4.22. The van der Waals surface area contributed by atoms with Gasteiger partial charge in [-0.15, -0.1) is 0 Å². The molecular weight excluding hydrogens is 284 g/mol. The van der Waals surface area contributed by atoms with Crippen molar-refractivity contribution in [3.63, 3.8) is 0 Å². The average molecular weight is 306 g/mol. The van der Waals surface area contributed by atoms with E-state index in [-0.39, 0.29) is 6.04 Å².